The van der Waals surface area contributed by atoms with Crippen LogP contribution in [0.15, 0.2) is 48.7 Å². The number of H-pyrrole nitrogens is 2. The van der Waals surface area contributed by atoms with Crippen molar-refractivity contribution in [3.05, 3.63) is 60.3 Å². The topological polar surface area (TPSA) is 57.4 Å². The Bertz CT molecular complexity index is 1250. The molecule has 0 saturated heterocycles. The molecule has 0 atom stereocenters. The second-order valence-corrected chi connectivity index (χ2v) is 8.26. The van der Waals surface area contributed by atoms with E-state index in [4.69, 9.17) is 4.98 Å². The average molecular weight is 372 g/mol. The van der Waals surface area contributed by atoms with Gasteiger partial charge >= 0.3 is 0 Å². The minimum absolute atomic E-state index is 0.413. The van der Waals surface area contributed by atoms with E-state index in [0.717, 1.165) is 33.3 Å². The van der Waals surface area contributed by atoms with Gasteiger partial charge in [-0.15, -0.1) is 11.3 Å². The van der Waals surface area contributed by atoms with Crippen LogP contribution in [0, 0.1) is 6.92 Å². The lowest BCUT2D eigenvalue weighted by molar-refractivity contribution is 0.799. The fraction of sp³-hybridized carbons (Fsp3) is 0.182. The van der Waals surface area contributed by atoms with Crippen molar-refractivity contribution in [1.82, 2.24) is 19.9 Å². The molecule has 3 aromatic heterocycles. The summed E-state index contributed by atoms with van der Waals surface area (Å²) in [6.45, 7) is 6.29. The molecule has 27 heavy (non-hydrogen) atoms. The lowest BCUT2D eigenvalue weighted by atomic mass is 10.0. The van der Waals surface area contributed by atoms with Crippen molar-refractivity contribution in [1.29, 1.82) is 0 Å². The quantitative estimate of drug-likeness (QED) is 0.392. The van der Waals surface area contributed by atoms with E-state index in [1.165, 1.54) is 21.2 Å². The highest BCUT2D eigenvalue weighted by Gasteiger charge is 2.13. The molecule has 134 valence electrons. The minimum Gasteiger partial charge on any atom is -0.342 e. The molecule has 0 amide bonds. The molecular formula is C22H20N4S. The molecule has 4 nitrogen and oxygen atoms in total. The Kier molecular flexibility index (Phi) is 3.65. The first-order chi connectivity index (χ1) is 13.1. The van der Waals surface area contributed by atoms with Crippen LogP contribution in [0.1, 0.15) is 31.4 Å². The van der Waals surface area contributed by atoms with Crippen molar-refractivity contribution >= 4 is 31.8 Å². The summed E-state index contributed by atoms with van der Waals surface area (Å²) in [5.41, 5.74) is 5.80. The van der Waals surface area contributed by atoms with E-state index in [-0.39, 0.29) is 0 Å². The van der Waals surface area contributed by atoms with Gasteiger partial charge in [0, 0.05) is 16.0 Å². The summed E-state index contributed by atoms with van der Waals surface area (Å²) in [7, 11) is 0. The number of thiophene rings is 1. The zero-order chi connectivity index (χ0) is 18.5. The van der Waals surface area contributed by atoms with E-state index in [1.807, 2.05) is 13.1 Å². The van der Waals surface area contributed by atoms with Crippen molar-refractivity contribution in [2.75, 3.05) is 0 Å². The lowest BCUT2D eigenvalue weighted by Crippen LogP contribution is -1.88. The highest BCUT2D eigenvalue weighted by atomic mass is 32.1. The van der Waals surface area contributed by atoms with Gasteiger partial charge in [0.15, 0.2) is 0 Å². The Labute approximate surface area is 161 Å². The van der Waals surface area contributed by atoms with E-state index >= 15 is 0 Å². The van der Waals surface area contributed by atoms with Crippen LogP contribution in [0.2, 0.25) is 0 Å². The monoisotopic (exact) mass is 372 g/mol. The fourth-order valence-corrected chi connectivity index (χ4v) is 4.49. The molecular weight excluding hydrogens is 352 g/mol. The number of imidazole rings is 2. The summed E-state index contributed by atoms with van der Waals surface area (Å²) >= 11 is 1.76. The molecule has 0 aliphatic rings. The number of aromatic amines is 2. The summed E-state index contributed by atoms with van der Waals surface area (Å²) in [5, 5.41) is 1.25. The van der Waals surface area contributed by atoms with Gasteiger partial charge in [-0.2, -0.15) is 0 Å². The molecule has 5 heteroatoms. The van der Waals surface area contributed by atoms with Gasteiger partial charge < -0.3 is 9.97 Å². The first kappa shape index (κ1) is 16.3. The maximum Gasteiger partial charge on any atom is 0.142 e. The number of fused-ring (bicyclic) bond motifs is 3. The summed E-state index contributed by atoms with van der Waals surface area (Å²) in [5.74, 6) is 2.41. The van der Waals surface area contributed by atoms with Crippen molar-refractivity contribution in [2.45, 2.75) is 26.7 Å². The van der Waals surface area contributed by atoms with Crippen molar-refractivity contribution in [3.63, 3.8) is 0 Å². The van der Waals surface area contributed by atoms with Gasteiger partial charge in [0.2, 0.25) is 0 Å². The number of nitrogens with zero attached hydrogens (tertiary/aromatic N) is 2. The summed E-state index contributed by atoms with van der Waals surface area (Å²) in [6, 6.07) is 15.3. The molecule has 0 saturated carbocycles. The van der Waals surface area contributed by atoms with E-state index < -0.39 is 0 Å². The van der Waals surface area contributed by atoms with Crippen LogP contribution in [-0.4, -0.2) is 19.9 Å². The second-order valence-electron chi connectivity index (χ2n) is 7.23. The molecule has 0 aliphatic carbocycles. The zero-order valence-electron chi connectivity index (χ0n) is 15.5. The van der Waals surface area contributed by atoms with E-state index in [0.29, 0.717) is 5.92 Å². The maximum absolute atomic E-state index is 4.75. The molecule has 2 aromatic carbocycles. The summed E-state index contributed by atoms with van der Waals surface area (Å²) < 4.78 is 1.27. The third-order valence-electron chi connectivity index (χ3n) is 4.93. The normalized spacial score (nSPS) is 11.9. The summed E-state index contributed by atoms with van der Waals surface area (Å²) in [4.78, 5) is 16.9. The van der Waals surface area contributed by atoms with Gasteiger partial charge in [-0.25, -0.2) is 9.97 Å². The van der Waals surface area contributed by atoms with Gasteiger partial charge in [-0.1, -0.05) is 50.2 Å². The van der Waals surface area contributed by atoms with Gasteiger partial charge in [-0.3, -0.25) is 0 Å². The molecule has 0 spiro atoms. The Hall–Kier alpha value is -2.92. The van der Waals surface area contributed by atoms with Crippen LogP contribution in [0.4, 0.5) is 0 Å². The Morgan fingerprint density at radius 1 is 0.926 bits per heavy atom. The molecule has 5 rings (SSSR count). The number of hydrogen-bond acceptors (Lipinski definition) is 3. The molecule has 3 heterocycles. The molecule has 2 N–H and O–H groups in total. The molecule has 0 bridgehead atoms. The van der Waals surface area contributed by atoms with Crippen molar-refractivity contribution in [3.8, 4) is 22.4 Å². The Morgan fingerprint density at radius 3 is 2.37 bits per heavy atom. The lowest BCUT2D eigenvalue weighted by Gasteiger charge is -2.04. The number of rotatable bonds is 3. The number of nitrogens with one attached hydrogen (secondary N) is 2. The molecule has 0 aliphatic heterocycles. The number of aromatic nitrogens is 4. The van der Waals surface area contributed by atoms with Gasteiger partial charge in [0.1, 0.15) is 16.5 Å². The van der Waals surface area contributed by atoms with Gasteiger partial charge in [-0.05, 0) is 29.7 Å². The van der Waals surface area contributed by atoms with Gasteiger partial charge in [0.25, 0.3) is 0 Å². The number of aryl methyl sites for hydroxylation is 1. The minimum atomic E-state index is 0.413. The molecule has 5 aromatic rings. The Morgan fingerprint density at radius 2 is 1.67 bits per heavy atom. The number of hydrogen-bond donors (Lipinski definition) is 2. The average Bonchev–Trinajstić information content (AvgIpc) is 3.35. The van der Waals surface area contributed by atoms with Crippen molar-refractivity contribution < 1.29 is 0 Å². The first-order valence-corrected chi connectivity index (χ1v) is 9.95. The second kappa shape index (κ2) is 6.06. The summed E-state index contributed by atoms with van der Waals surface area (Å²) in [6.07, 6.45) is 1.88. The molecule has 0 radical (unpaired) electrons. The SMILES string of the molecule is Cc1ncc(-c2ccc(-c3ccc4c(c3)sc3nc(C(C)C)[nH]c34)cc2)[nH]1. The number of benzene rings is 2. The van der Waals surface area contributed by atoms with Crippen LogP contribution in [0.5, 0.6) is 0 Å². The zero-order valence-corrected chi connectivity index (χ0v) is 16.3. The van der Waals surface area contributed by atoms with Crippen LogP contribution in [0.25, 0.3) is 42.8 Å². The highest BCUT2D eigenvalue weighted by molar-refractivity contribution is 7.25. The van der Waals surface area contributed by atoms with E-state index in [2.05, 4.69) is 71.3 Å². The fourth-order valence-electron chi connectivity index (χ4n) is 3.41. The largest absolute Gasteiger partial charge is 0.342 e. The van der Waals surface area contributed by atoms with Crippen molar-refractivity contribution in [2.24, 2.45) is 0 Å². The maximum atomic E-state index is 4.75. The standard InChI is InChI=1S/C22H20N4S/c1-12(2)21-25-20-17-9-8-16(10-19(17)27-22(20)26-21)14-4-6-15(7-5-14)18-11-23-13(3)24-18/h4-12H,1-3H3,(H,23,24)(H,25,26). The molecule has 0 fully saturated rings. The van der Waals surface area contributed by atoms with E-state index in [1.54, 1.807) is 11.3 Å². The smallest absolute Gasteiger partial charge is 0.142 e. The predicted octanol–water partition coefficient (Wildman–Crippen LogP) is 6.27. The first-order valence-electron chi connectivity index (χ1n) is 9.13. The Balaban J connectivity index is 1.52. The highest BCUT2D eigenvalue weighted by Crippen LogP contribution is 2.36. The third kappa shape index (κ3) is 2.75. The van der Waals surface area contributed by atoms with E-state index in [9.17, 15) is 0 Å². The van der Waals surface area contributed by atoms with Crippen LogP contribution in [-0.2, 0) is 0 Å². The predicted molar refractivity (Wildman–Crippen MR) is 113 cm³/mol. The van der Waals surface area contributed by atoms with Crippen LogP contribution in [0.3, 0.4) is 0 Å². The van der Waals surface area contributed by atoms with Crippen LogP contribution >= 0.6 is 11.3 Å². The molecule has 0 unspecified atom stereocenters. The third-order valence-corrected chi connectivity index (χ3v) is 5.97. The van der Waals surface area contributed by atoms with Crippen LogP contribution < -0.4 is 0 Å². The van der Waals surface area contributed by atoms with Gasteiger partial charge in [0.05, 0.1) is 17.4 Å².